The fraction of sp³-hybridized carbons (Fsp3) is 0.100. The summed E-state index contributed by atoms with van der Waals surface area (Å²) in [6.45, 7) is 0.0475. The number of hydrogen-bond acceptors (Lipinski definition) is 4. The molecule has 0 amide bonds. The maximum absolute atomic E-state index is 15.4. The second-order valence-electron chi connectivity index (χ2n) is 5.97. The average molecular weight is 438 g/mol. The first-order valence-corrected chi connectivity index (χ1v) is 9.27. The number of pyridine rings is 2. The van der Waals surface area contributed by atoms with Crippen LogP contribution in [0.25, 0.3) is 32.9 Å². The zero-order valence-electron chi connectivity index (χ0n) is 14.5. The standard InChI is InChI=1S/C20H12Cl3FN2O2/c1-27-9-28-11-5-10-3-2-4-14(21)17(10)12(6-11)19-18(24)20-13(8-25-19)15(22)7-16(23)26-20/h2-8H,9H2,1H3. The molecule has 4 rings (SSSR count). The van der Waals surface area contributed by atoms with E-state index in [1.165, 1.54) is 19.4 Å². The minimum Gasteiger partial charge on any atom is -0.468 e. The summed E-state index contributed by atoms with van der Waals surface area (Å²) in [4.78, 5) is 8.37. The van der Waals surface area contributed by atoms with Gasteiger partial charge in [0, 0.05) is 34.7 Å². The van der Waals surface area contributed by atoms with Crippen LogP contribution in [-0.2, 0) is 4.74 Å². The van der Waals surface area contributed by atoms with Crippen LogP contribution < -0.4 is 4.74 Å². The van der Waals surface area contributed by atoms with Gasteiger partial charge in [-0.15, -0.1) is 0 Å². The normalized spacial score (nSPS) is 11.3. The van der Waals surface area contributed by atoms with Crippen molar-refractivity contribution < 1.29 is 13.9 Å². The van der Waals surface area contributed by atoms with E-state index in [2.05, 4.69) is 9.97 Å². The Morgan fingerprint density at radius 1 is 1.07 bits per heavy atom. The minimum atomic E-state index is -0.646. The maximum Gasteiger partial charge on any atom is 0.188 e. The topological polar surface area (TPSA) is 44.2 Å². The first-order chi connectivity index (χ1) is 13.5. The molecule has 0 bridgehead atoms. The van der Waals surface area contributed by atoms with Crippen molar-refractivity contribution in [3.63, 3.8) is 0 Å². The van der Waals surface area contributed by atoms with Gasteiger partial charge in [-0.1, -0.05) is 46.9 Å². The highest BCUT2D eigenvalue weighted by Crippen LogP contribution is 2.39. The van der Waals surface area contributed by atoms with Gasteiger partial charge in [0.1, 0.15) is 22.1 Å². The summed E-state index contributed by atoms with van der Waals surface area (Å²) in [5.41, 5.74) is 0.566. The van der Waals surface area contributed by atoms with E-state index in [0.717, 1.165) is 5.39 Å². The molecular formula is C20H12Cl3FN2O2. The summed E-state index contributed by atoms with van der Waals surface area (Å²) < 4.78 is 25.9. The molecule has 142 valence electrons. The molecule has 28 heavy (non-hydrogen) atoms. The lowest BCUT2D eigenvalue weighted by atomic mass is 10.00. The molecular weight excluding hydrogens is 426 g/mol. The first-order valence-electron chi connectivity index (χ1n) is 8.14. The summed E-state index contributed by atoms with van der Waals surface area (Å²) in [5, 5.41) is 2.61. The van der Waals surface area contributed by atoms with Gasteiger partial charge in [-0.2, -0.15) is 0 Å². The van der Waals surface area contributed by atoms with Crippen LogP contribution in [-0.4, -0.2) is 23.9 Å². The summed E-state index contributed by atoms with van der Waals surface area (Å²) in [5.74, 6) is -0.156. The number of halogens is 4. The number of benzene rings is 2. The summed E-state index contributed by atoms with van der Waals surface area (Å²) in [6, 6.07) is 10.3. The van der Waals surface area contributed by atoms with Crippen LogP contribution in [0.3, 0.4) is 0 Å². The monoisotopic (exact) mass is 436 g/mol. The molecule has 0 atom stereocenters. The van der Waals surface area contributed by atoms with Crippen molar-refractivity contribution in [1.29, 1.82) is 0 Å². The summed E-state index contributed by atoms with van der Waals surface area (Å²) >= 11 is 18.5. The Morgan fingerprint density at radius 2 is 1.89 bits per heavy atom. The summed E-state index contributed by atoms with van der Waals surface area (Å²) in [7, 11) is 1.52. The van der Waals surface area contributed by atoms with Crippen LogP contribution in [0.4, 0.5) is 4.39 Å². The molecule has 0 fully saturated rings. The van der Waals surface area contributed by atoms with E-state index in [9.17, 15) is 0 Å². The average Bonchev–Trinajstić information content (AvgIpc) is 2.67. The van der Waals surface area contributed by atoms with Gasteiger partial charge in [0.05, 0.1) is 5.02 Å². The van der Waals surface area contributed by atoms with Gasteiger partial charge in [0.15, 0.2) is 12.6 Å². The molecule has 4 nitrogen and oxygen atoms in total. The lowest BCUT2D eigenvalue weighted by molar-refractivity contribution is 0.0512. The van der Waals surface area contributed by atoms with Crippen molar-refractivity contribution in [1.82, 2.24) is 9.97 Å². The Labute approximate surface area is 174 Å². The van der Waals surface area contributed by atoms with E-state index in [4.69, 9.17) is 44.3 Å². The molecule has 0 radical (unpaired) electrons. The second-order valence-corrected chi connectivity index (χ2v) is 7.17. The predicted octanol–water partition coefficient (Wildman–Crippen LogP) is 6.53. The summed E-state index contributed by atoms with van der Waals surface area (Å²) in [6.07, 6.45) is 1.46. The van der Waals surface area contributed by atoms with Crippen LogP contribution in [0.5, 0.6) is 5.75 Å². The molecule has 0 saturated carbocycles. The van der Waals surface area contributed by atoms with Crippen LogP contribution in [0.15, 0.2) is 42.6 Å². The second kappa shape index (κ2) is 7.68. The van der Waals surface area contributed by atoms with E-state index in [0.29, 0.717) is 27.1 Å². The van der Waals surface area contributed by atoms with Crippen molar-refractivity contribution >= 4 is 56.5 Å². The molecule has 4 aromatic rings. The molecule has 2 heterocycles. The highest BCUT2D eigenvalue weighted by atomic mass is 35.5. The number of ether oxygens (including phenoxy) is 2. The number of nitrogens with zero attached hydrogens (tertiary/aromatic N) is 2. The molecule has 0 unspecified atom stereocenters. The van der Waals surface area contributed by atoms with Gasteiger partial charge in [-0.25, -0.2) is 9.37 Å². The number of methoxy groups -OCH3 is 1. The zero-order chi connectivity index (χ0) is 19.8. The van der Waals surface area contributed by atoms with Gasteiger partial charge >= 0.3 is 0 Å². The van der Waals surface area contributed by atoms with Gasteiger partial charge in [-0.05, 0) is 29.7 Å². The molecule has 0 N–H and O–H groups in total. The number of fused-ring (bicyclic) bond motifs is 2. The Morgan fingerprint density at radius 3 is 2.68 bits per heavy atom. The third-order valence-corrected chi connectivity index (χ3v) is 5.03. The lowest BCUT2D eigenvalue weighted by Crippen LogP contribution is -2.00. The fourth-order valence-electron chi connectivity index (χ4n) is 3.02. The highest BCUT2D eigenvalue weighted by Gasteiger charge is 2.19. The van der Waals surface area contributed by atoms with E-state index in [1.54, 1.807) is 24.3 Å². The van der Waals surface area contributed by atoms with Gasteiger partial charge in [0.2, 0.25) is 0 Å². The highest BCUT2D eigenvalue weighted by molar-refractivity contribution is 6.38. The van der Waals surface area contributed by atoms with Crippen LogP contribution in [0.1, 0.15) is 0 Å². The minimum absolute atomic E-state index is 0.0333. The quantitative estimate of drug-likeness (QED) is 0.269. The molecule has 0 aliphatic rings. The van der Waals surface area contributed by atoms with E-state index in [-0.39, 0.29) is 28.2 Å². The molecule has 0 spiro atoms. The van der Waals surface area contributed by atoms with Gasteiger partial charge in [-0.3, -0.25) is 4.98 Å². The lowest BCUT2D eigenvalue weighted by Gasteiger charge is -2.13. The van der Waals surface area contributed by atoms with E-state index < -0.39 is 5.82 Å². The third-order valence-electron chi connectivity index (χ3n) is 4.21. The molecule has 0 saturated heterocycles. The van der Waals surface area contributed by atoms with Crippen molar-refractivity contribution in [3.8, 4) is 17.0 Å². The Bertz CT molecular complexity index is 1220. The van der Waals surface area contributed by atoms with Crippen LogP contribution in [0.2, 0.25) is 15.2 Å². The molecule has 2 aromatic heterocycles. The smallest absolute Gasteiger partial charge is 0.188 e. The van der Waals surface area contributed by atoms with Gasteiger partial charge < -0.3 is 9.47 Å². The van der Waals surface area contributed by atoms with Crippen molar-refractivity contribution in [2.75, 3.05) is 13.9 Å². The van der Waals surface area contributed by atoms with E-state index >= 15 is 4.39 Å². The molecule has 2 aromatic carbocycles. The molecule has 0 aliphatic heterocycles. The number of rotatable bonds is 4. The van der Waals surface area contributed by atoms with Crippen molar-refractivity contribution in [2.24, 2.45) is 0 Å². The number of aromatic nitrogens is 2. The first kappa shape index (κ1) is 19.2. The maximum atomic E-state index is 15.4. The number of hydrogen-bond donors (Lipinski definition) is 0. The largest absolute Gasteiger partial charge is 0.468 e. The molecule has 8 heteroatoms. The third kappa shape index (κ3) is 3.35. The predicted molar refractivity (Wildman–Crippen MR) is 110 cm³/mol. The SMILES string of the molecule is COCOc1cc(-c2ncc3c(Cl)cc(Cl)nc3c2F)c2c(Cl)cccc2c1. The zero-order valence-corrected chi connectivity index (χ0v) is 16.7. The van der Waals surface area contributed by atoms with Crippen LogP contribution in [0, 0.1) is 5.82 Å². The Kier molecular flexibility index (Phi) is 5.25. The fourth-order valence-corrected chi connectivity index (χ4v) is 3.80. The Hall–Kier alpha value is -2.18. The van der Waals surface area contributed by atoms with Crippen molar-refractivity contribution in [3.05, 3.63) is 63.6 Å². The van der Waals surface area contributed by atoms with Gasteiger partial charge in [0.25, 0.3) is 0 Å². The van der Waals surface area contributed by atoms with E-state index in [1.807, 2.05) is 6.07 Å². The van der Waals surface area contributed by atoms with Crippen molar-refractivity contribution in [2.45, 2.75) is 0 Å². The van der Waals surface area contributed by atoms with Crippen LogP contribution >= 0.6 is 34.8 Å². The molecule has 0 aliphatic carbocycles. The Balaban J connectivity index is 2.04.